The molecule has 0 amide bonds. The van der Waals surface area contributed by atoms with E-state index in [-0.39, 0.29) is 5.92 Å². The topological polar surface area (TPSA) is 40.5 Å². The van der Waals surface area contributed by atoms with Crippen molar-refractivity contribution in [3.8, 4) is 0 Å². The lowest BCUT2D eigenvalue weighted by molar-refractivity contribution is -0.142. The average molecular weight is 221 g/mol. The van der Waals surface area contributed by atoms with Crippen LogP contribution in [-0.4, -0.2) is 36.1 Å². The highest BCUT2D eigenvalue weighted by molar-refractivity contribution is 5.73. The highest BCUT2D eigenvalue weighted by atomic mass is 16.4. The molecule has 0 heterocycles. The molecule has 0 aliphatic carbocycles. The number of nitrogens with zero attached hydrogens (tertiary/aromatic N) is 1. The molecule has 0 fully saturated rings. The molecule has 0 radical (unpaired) electrons. The molecule has 1 rings (SSSR count). The van der Waals surface area contributed by atoms with Crippen molar-refractivity contribution in [2.45, 2.75) is 25.3 Å². The van der Waals surface area contributed by atoms with Crippen molar-refractivity contribution in [2.24, 2.45) is 0 Å². The average Bonchev–Trinajstić information content (AvgIpc) is 2.25. The number of benzene rings is 1. The molecular weight excluding hydrogens is 202 g/mol. The maximum absolute atomic E-state index is 11.1. The van der Waals surface area contributed by atoms with E-state index in [9.17, 15) is 4.79 Å². The van der Waals surface area contributed by atoms with E-state index in [0.29, 0.717) is 6.42 Å². The molecule has 16 heavy (non-hydrogen) atoms. The number of carboxylic acid groups (broad SMARTS) is 1. The van der Waals surface area contributed by atoms with Gasteiger partial charge in [-0.3, -0.25) is 9.69 Å². The van der Waals surface area contributed by atoms with Gasteiger partial charge < -0.3 is 5.11 Å². The molecule has 0 bridgehead atoms. The van der Waals surface area contributed by atoms with E-state index < -0.39 is 12.0 Å². The van der Waals surface area contributed by atoms with Gasteiger partial charge in [0.05, 0.1) is 0 Å². The zero-order chi connectivity index (χ0) is 12.1. The zero-order valence-electron chi connectivity index (χ0n) is 10.1. The third kappa shape index (κ3) is 3.35. The monoisotopic (exact) mass is 221 g/mol. The Labute approximate surface area is 96.7 Å². The van der Waals surface area contributed by atoms with Gasteiger partial charge >= 0.3 is 5.97 Å². The van der Waals surface area contributed by atoms with Crippen LogP contribution in [0.25, 0.3) is 0 Å². The van der Waals surface area contributed by atoms with E-state index >= 15 is 0 Å². The van der Waals surface area contributed by atoms with Gasteiger partial charge in [-0.05, 0) is 32.0 Å². The number of hydrogen-bond donors (Lipinski definition) is 1. The van der Waals surface area contributed by atoms with Gasteiger partial charge in [0.1, 0.15) is 6.04 Å². The largest absolute Gasteiger partial charge is 0.480 e. The Kier molecular flexibility index (Phi) is 4.50. The van der Waals surface area contributed by atoms with Gasteiger partial charge in [0.2, 0.25) is 0 Å². The van der Waals surface area contributed by atoms with Crippen LogP contribution in [0.2, 0.25) is 0 Å². The summed E-state index contributed by atoms with van der Waals surface area (Å²) in [4.78, 5) is 12.8. The molecule has 0 spiro atoms. The van der Waals surface area contributed by atoms with Crippen LogP contribution in [0.15, 0.2) is 30.3 Å². The van der Waals surface area contributed by atoms with Crippen molar-refractivity contribution in [1.29, 1.82) is 0 Å². The van der Waals surface area contributed by atoms with Gasteiger partial charge in [0.25, 0.3) is 0 Å². The third-order valence-corrected chi connectivity index (χ3v) is 2.85. The molecule has 1 aromatic carbocycles. The predicted octanol–water partition coefficient (Wildman–Crippen LogP) is 2.20. The third-order valence-electron chi connectivity index (χ3n) is 2.85. The Morgan fingerprint density at radius 3 is 2.31 bits per heavy atom. The molecular formula is C13H19NO2. The Morgan fingerprint density at radius 1 is 1.31 bits per heavy atom. The molecule has 3 heteroatoms. The normalized spacial score (nSPS) is 14.8. The summed E-state index contributed by atoms with van der Waals surface area (Å²) in [6.45, 7) is 2.06. The summed E-state index contributed by atoms with van der Waals surface area (Å²) < 4.78 is 0. The van der Waals surface area contributed by atoms with Crippen LogP contribution >= 0.6 is 0 Å². The van der Waals surface area contributed by atoms with Crippen molar-refractivity contribution in [2.75, 3.05) is 14.1 Å². The van der Waals surface area contributed by atoms with Crippen LogP contribution in [-0.2, 0) is 4.79 Å². The van der Waals surface area contributed by atoms with Gasteiger partial charge in [-0.15, -0.1) is 0 Å². The molecule has 2 atom stereocenters. The zero-order valence-corrected chi connectivity index (χ0v) is 10.1. The first-order valence-electron chi connectivity index (χ1n) is 5.46. The number of aliphatic carboxylic acids is 1. The number of likely N-dealkylation sites (N-methyl/N-ethyl adjacent to an activating group) is 1. The van der Waals surface area contributed by atoms with Crippen LogP contribution < -0.4 is 0 Å². The number of rotatable bonds is 5. The first-order valence-corrected chi connectivity index (χ1v) is 5.46. The highest BCUT2D eigenvalue weighted by Gasteiger charge is 2.22. The summed E-state index contributed by atoms with van der Waals surface area (Å²) in [6.07, 6.45) is 0.631. The Balaban J connectivity index is 2.69. The molecule has 1 N–H and O–H groups in total. The minimum atomic E-state index is -0.757. The second-order valence-electron chi connectivity index (χ2n) is 4.37. The van der Waals surface area contributed by atoms with E-state index in [0.717, 1.165) is 0 Å². The quantitative estimate of drug-likeness (QED) is 0.828. The molecule has 0 aliphatic heterocycles. The molecule has 0 aromatic heterocycles. The molecule has 0 aliphatic rings. The second-order valence-corrected chi connectivity index (χ2v) is 4.37. The Hall–Kier alpha value is -1.35. The van der Waals surface area contributed by atoms with Crippen LogP contribution in [0.1, 0.15) is 24.8 Å². The molecule has 2 unspecified atom stereocenters. The number of carboxylic acids is 1. The summed E-state index contributed by atoms with van der Waals surface area (Å²) >= 11 is 0. The predicted molar refractivity (Wildman–Crippen MR) is 64.6 cm³/mol. The molecule has 0 saturated heterocycles. The number of carbonyl (C=O) groups is 1. The fraction of sp³-hybridized carbons (Fsp3) is 0.462. The maximum Gasteiger partial charge on any atom is 0.320 e. The fourth-order valence-electron chi connectivity index (χ4n) is 1.79. The molecule has 1 aromatic rings. The van der Waals surface area contributed by atoms with Crippen molar-refractivity contribution in [3.05, 3.63) is 35.9 Å². The van der Waals surface area contributed by atoms with Crippen LogP contribution in [0, 0.1) is 0 Å². The van der Waals surface area contributed by atoms with Gasteiger partial charge in [-0.2, -0.15) is 0 Å². The van der Waals surface area contributed by atoms with Gasteiger partial charge in [-0.1, -0.05) is 37.3 Å². The summed E-state index contributed by atoms with van der Waals surface area (Å²) in [5.74, 6) is -0.502. The van der Waals surface area contributed by atoms with Gasteiger partial charge in [0.15, 0.2) is 0 Å². The summed E-state index contributed by atoms with van der Waals surface area (Å²) in [5, 5.41) is 9.10. The minimum Gasteiger partial charge on any atom is -0.480 e. The van der Waals surface area contributed by atoms with E-state index in [1.807, 2.05) is 30.3 Å². The van der Waals surface area contributed by atoms with Gasteiger partial charge in [-0.25, -0.2) is 0 Å². The highest BCUT2D eigenvalue weighted by Crippen LogP contribution is 2.21. The van der Waals surface area contributed by atoms with E-state index in [1.54, 1.807) is 19.0 Å². The Bertz CT molecular complexity index is 335. The van der Waals surface area contributed by atoms with Gasteiger partial charge in [0, 0.05) is 0 Å². The second kappa shape index (κ2) is 5.66. The standard InChI is InChI=1S/C13H19NO2/c1-10(11-7-5-4-6-8-11)9-12(13(15)16)14(2)3/h4-8,10,12H,9H2,1-3H3,(H,15,16). The Morgan fingerprint density at radius 2 is 1.88 bits per heavy atom. The van der Waals surface area contributed by atoms with Crippen molar-refractivity contribution < 1.29 is 9.90 Å². The first kappa shape index (κ1) is 12.7. The van der Waals surface area contributed by atoms with Crippen LogP contribution in [0.3, 0.4) is 0 Å². The lowest BCUT2D eigenvalue weighted by Crippen LogP contribution is -2.36. The minimum absolute atomic E-state index is 0.254. The van der Waals surface area contributed by atoms with Crippen LogP contribution in [0.4, 0.5) is 0 Å². The molecule has 3 nitrogen and oxygen atoms in total. The summed E-state index contributed by atoms with van der Waals surface area (Å²) in [5.41, 5.74) is 1.19. The SMILES string of the molecule is CC(CC(C(=O)O)N(C)C)c1ccccc1. The summed E-state index contributed by atoms with van der Waals surface area (Å²) in [7, 11) is 3.60. The van der Waals surface area contributed by atoms with Crippen molar-refractivity contribution >= 4 is 5.97 Å². The van der Waals surface area contributed by atoms with Crippen molar-refractivity contribution in [3.63, 3.8) is 0 Å². The van der Waals surface area contributed by atoms with E-state index in [4.69, 9.17) is 5.11 Å². The molecule has 0 saturated carbocycles. The smallest absolute Gasteiger partial charge is 0.320 e. The van der Waals surface area contributed by atoms with E-state index in [1.165, 1.54) is 5.56 Å². The maximum atomic E-state index is 11.1. The van der Waals surface area contributed by atoms with Crippen LogP contribution in [0.5, 0.6) is 0 Å². The fourth-order valence-corrected chi connectivity index (χ4v) is 1.79. The first-order chi connectivity index (χ1) is 7.52. The van der Waals surface area contributed by atoms with Crippen molar-refractivity contribution in [1.82, 2.24) is 4.90 Å². The number of hydrogen-bond acceptors (Lipinski definition) is 2. The lowest BCUT2D eigenvalue weighted by Gasteiger charge is -2.23. The lowest BCUT2D eigenvalue weighted by atomic mass is 9.93. The summed E-state index contributed by atoms with van der Waals surface area (Å²) in [6, 6.07) is 9.60. The van der Waals surface area contributed by atoms with E-state index in [2.05, 4.69) is 6.92 Å². The molecule has 88 valence electrons.